The smallest absolute Gasteiger partial charge is 0.127 e. The normalized spacial score (nSPS) is 12.6. The number of rotatable bonds is 2. The fourth-order valence-electron chi connectivity index (χ4n) is 2.61. The Hall–Kier alpha value is -1.90. The second-order valence-corrected chi connectivity index (χ2v) is 5.58. The van der Waals surface area contributed by atoms with Crippen LogP contribution in [0.2, 0.25) is 5.02 Å². The molecule has 2 N–H and O–H groups in total. The molecule has 0 aliphatic rings. The molecule has 0 amide bonds. The molecule has 1 atom stereocenters. The molecule has 1 unspecified atom stereocenters. The third-order valence-corrected chi connectivity index (χ3v) is 4.10. The van der Waals surface area contributed by atoms with Crippen LogP contribution in [0.15, 0.2) is 54.6 Å². The average Bonchev–Trinajstić information content (AvgIpc) is 2.49. The Morgan fingerprint density at radius 2 is 1.71 bits per heavy atom. The maximum atomic E-state index is 13.6. The zero-order valence-electron chi connectivity index (χ0n) is 11.6. The van der Waals surface area contributed by atoms with Crippen LogP contribution in [-0.4, -0.2) is 0 Å². The summed E-state index contributed by atoms with van der Waals surface area (Å²) < 4.78 is 13.6. The zero-order chi connectivity index (χ0) is 15.0. The Labute approximate surface area is 128 Å². The second-order valence-electron chi connectivity index (χ2n) is 5.17. The van der Waals surface area contributed by atoms with E-state index in [1.54, 1.807) is 13.0 Å². The minimum Gasteiger partial charge on any atom is -0.320 e. The highest BCUT2D eigenvalue weighted by Gasteiger charge is 2.16. The van der Waals surface area contributed by atoms with Gasteiger partial charge in [0, 0.05) is 5.02 Å². The average molecular weight is 300 g/mol. The van der Waals surface area contributed by atoms with Gasteiger partial charge >= 0.3 is 0 Å². The molecule has 3 rings (SSSR count). The van der Waals surface area contributed by atoms with Crippen LogP contribution >= 0.6 is 11.6 Å². The summed E-state index contributed by atoms with van der Waals surface area (Å²) in [5.74, 6) is -0.311. The summed E-state index contributed by atoms with van der Waals surface area (Å²) in [6.07, 6.45) is 0. The van der Waals surface area contributed by atoms with E-state index in [9.17, 15) is 4.39 Å². The topological polar surface area (TPSA) is 26.0 Å². The molecule has 0 aromatic heterocycles. The monoisotopic (exact) mass is 299 g/mol. The van der Waals surface area contributed by atoms with Crippen LogP contribution in [0.5, 0.6) is 0 Å². The van der Waals surface area contributed by atoms with Gasteiger partial charge in [0.25, 0.3) is 0 Å². The minimum absolute atomic E-state index is 0.311. The third kappa shape index (κ3) is 2.53. The Bertz CT molecular complexity index is 808. The van der Waals surface area contributed by atoms with Crippen molar-refractivity contribution in [2.24, 2.45) is 5.73 Å². The van der Waals surface area contributed by atoms with E-state index in [1.807, 2.05) is 42.5 Å². The van der Waals surface area contributed by atoms with Gasteiger partial charge in [-0.3, -0.25) is 0 Å². The van der Waals surface area contributed by atoms with E-state index in [0.29, 0.717) is 10.6 Å². The molecule has 0 spiro atoms. The summed E-state index contributed by atoms with van der Waals surface area (Å²) in [4.78, 5) is 0. The molecule has 0 heterocycles. The molecule has 3 heteroatoms. The Morgan fingerprint density at radius 1 is 1.00 bits per heavy atom. The van der Waals surface area contributed by atoms with Crippen molar-refractivity contribution < 1.29 is 4.39 Å². The lowest BCUT2D eigenvalue weighted by molar-refractivity contribution is 0.617. The number of benzene rings is 3. The molecule has 0 aliphatic carbocycles. The predicted molar refractivity (Wildman–Crippen MR) is 86.1 cm³/mol. The lowest BCUT2D eigenvalue weighted by Crippen LogP contribution is -2.13. The quantitative estimate of drug-likeness (QED) is 0.709. The van der Waals surface area contributed by atoms with E-state index < -0.39 is 0 Å². The van der Waals surface area contributed by atoms with Gasteiger partial charge in [0.05, 0.1) is 6.04 Å². The summed E-state index contributed by atoms with van der Waals surface area (Å²) in [7, 11) is 0. The van der Waals surface area contributed by atoms with Crippen molar-refractivity contribution >= 4 is 22.4 Å². The molecule has 0 saturated heterocycles. The summed E-state index contributed by atoms with van der Waals surface area (Å²) in [6, 6.07) is 16.7. The van der Waals surface area contributed by atoms with Crippen molar-refractivity contribution in [1.82, 2.24) is 0 Å². The maximum Gasteiger partial charge on any atom is 0.127 e. The van der Waals surface area contributed by atoms with Crippen molar-refractivity contribution in [3.05, 3.63) is 82.1 Å². The summed E-state index contributed by atoms with van der Waals surface area (Å²) in [5.41, 5.74) is 8.67. The number of aryl methyl sites for hydroxylation is 1. The highest BCUT2D eigenvalue weighted by atomic mass is 35.5. The Morgan fingerprint density at radius 3 is 2.52 bits per heavy atom. The summed E-state index contributed by atoms with van der Waals surface area (Å²) >= 11 is 6.18. The van der Waals surface area contributed by atoms with Crippen molar-refractivity contribution in [3.63, 3.8) is 0 Å². The summed E-state index contributed by atoms with van der Waals surface area (Å²) in [6.45, 7) is 1.71. The van der Waals surface area contributed by atoms with Crippen molar-refractivity contribution in [2.45, 2.75) is 13.0 Å². The molecule has 0 bridgehead atoms. The van der Waals surface area contributed by atoms with Crippen LogP contribution in [0.1, 0.15) is 22.7 Å². The van der Waals surface area contributed by atoms with Crippen molar-refractivity contribution in [1.29, 1.82) is 0 Å². The van der Waals surface area contributed by atoms with E-state index >= 15 is 0 Å². The maximum absolute atomic E-state index is 13.6. The van der Waals surface area contributed by atoms with Crippen LogP contribution in [0.25, 0.3) is 10.8 Å². The van der Waals surface area contributed by atoms with Gasteiger partial charge in [0.2, 0.25) is 0 Å². The molecule has 0 saturated carbocycles. The molecule has 1 nitrogen and oxygen atoms in total. The van der Waals surface area contributed by atoms with Crippen LogP contribution < -0.4 is 5.73 Å². The first-order valence-corrected chi connectivity index (χ1v) is 7.14. The number of fused-ring (bicyclic) bond motifs is 1. The largest absolute Gasteiger partial charge is 0.320 e. The Kier molecular flexibility index (Phi) is 3.66. The van der Waals surface area contributed by atoms with E-state index in [4.69, 9.17) is 17.3 Å². The SMILES string of the molecule is Cc1cc(C(N)c2cccc3ccccc23)c(Cl)cc1F. The molecular weight excluding hydrogens is 285 g/mol. The van der Waals surface area contributed by atoms with Crippen LogP contribution in [-0.2, 0) is 0 Å². The fraction of sp³-hybridized carbons (Fsp3) is 0.111. The number of nitrogens with two attached hydrogens (primary N) is 1. The molecule has 0 radical (unpaired) electrons. The molecule has 3 aromatic rings. The highest BCUT2D eigenvalue weighted by Crippen LogP contribution is 2.32. The second kappa shape index (κ2) is 5.47. The minimum atomic E-state index is -0.386. The lowest BCUT2D eigenvalue weighted by atomic mass is 9.93. The fourth-order valence-corrected chi connectivity index (χ4v) is 2.87. The van der Waals surface area contributed by atoms with Crippen molar-refractivity contribution in [3.8, 4) is 0 Å². The van der Waals surface area contributed by atoms with Crippen molar-refractivity contribution in [2.75, 3.05) is 0 Å². The van der Waals surface area contributed by atoms with Gasteiger partial charge in [-0.1, -0.05) is 54.1 Å². The summed E-state index contributed by atoms with van der Waals surface area (Å²) in [5, 5.41) is 2.57. The predicted octanol–water partition coefficient (Wildman–Crippen LogP) is 4.99. The standard InChI is InChI=1S/C18H15ClFN/c1-11-9-15(16(19)10-17(11)20)18(21)14-8-4-6-12-5-2-3-7-13(12)14/h2-10,18H,21H2,1H3. The van der Waals surface area contributed by atoms with Gasteiger partial charge in [-0.15, -0.1) is 0 Å². The number of hydrogen-bond donors (Lipinski definition) is 1. The first kappa shape index (κ1) is 14.1. The highest BCUT2D eigenvalue weighted by molar-refractivity contribution is 6.31. The van der Waals surface area contributed by atoms with Crippen LogP contribution in [0.4, 0.5) is 4.39 Å². The number of halogens is 2. The third-order valence-electron chi connectivity index (χ3n) is 3.77. The molecule has 0 aliphatic heterocycles. The first-order chi connectivity index (χ1) is 10.1. The molecular formula is C18H15ClFN. The molecule has 3 aromatic carbocycles. The van der Waals surface area contributed by atoms with Gasteiger partial charge in [0.1, 0.15) is 5.82 Å². The number of hydrogen-bond acceptors (Lipinski definition) is 1. The zero-order valence-corrected chi connectivity index (χ0v) is 12.4. The van der Waals surface area contributed by atoms with Gasteiger partial charge in [-0.25, -0.2) is 4.39 Å². The van der Waals surface area contributed by atoms with Gasteiger partial charge in [0.15, 0.2) is 0 Å². The molecule has 21 heavy (non-hydrogen) atoms. The van der Waals surface area contributed by atoms with E-state index in [-0.39, 0.29) is 11.9 Å². The van der Waals surface area contributed by atoms with E-state index in [0.717, 1.165) is 21.9 Å². The van der Waals surface area contributed by atoms with Gasteiger partial charge in [-0.05, 0) is 46.5 Å². The van der Waals surface area contributed by atoms with E-state index in [2.05, 4.69) is 0 Å². The van der Waals surface area contributed by atoms with Gasteiger partial charge < -0.3 is 5.73 Å². The Balaban J connectivity index is 2.17. The first-order valence-electron chi connectivity index (χ1n) is 6.76. The molecule has 0 fully saturated rings. The van der Waals surface area contributed by atoms with E-state index in [1.165, 1.54) is 6.07 Å². The van der Waals surface area contributed by atoms with Crippen LogP contribution in [0.3, 0.4) is 0 Å². The lowest BCUT2D eigenvalue weighted by Gasteiger charge is -2.17. The van der Waals surface area contributed by atoms with Gasteiger partial charge in [-0.2, -0.15) is 0 Å². The molecule has 106 valence electrons. The van der Waals surface area contributed by atoms with Crippen LogP contribution in [0, 0.1) is 12.7 Å².